The summed E-state index contributed by atoms with van der Waals surface area (Å²) in [4.78, 5) is 38.1. The Kier molecular flexibility index (Phi) is 7.23. The normalized spacial score (nSPS) is 11.2. The lowest BCUT2D eigenvalue weighted by Gasteiger charge is -2.11. The highest BCUT2D eigenvalue weighted by atomic mass is 35.5. The molecule has 2 aromatic rings. The second-order valence-corrected chi connectivity index (χ2v) is 8.79. The fourth-order valence-electron chi connectivity index (χ4n) is 3.68. The molecule has 0 atom stereocenters. The second kappa shape index (κ2) is 10.1. The van der Waals surface area contributed by atoms with Crippen molar-refractivity contribution in [3.8, 4) is 17.1 Å². The van der Waals surface area contributed by atoms with Gasteiger partial charge in [0, 0.05) is 17.1 Å². The Morgan fingerprint density at radius 3 is 2.35 bits per heavy atom. The number of H-pyrrole nitrogens is 1. The largest absolute Gasteiger partial charge is 0.295 e. The zero-order valence-electron chi connectivity index (χ0n) is 18.3. The summed E-state index contributed by atoms with van der Waals surface area (Å²) < 4.78 is 1.60. The van der Waals surface area contributed by atoms with Crippen molar-refractivity contribution >= 4 is 40.7 Å². The van der Waals surface area contributed by atoms with Crippen LogP contribution in [0.4, 0.5) is 0 Å². The number of halogens is 3. The molecule has 2 aliphatic rings. The minimum absolute atomic E-state index is 0.188. The van der Waals surface area contributed by atoms with Gasteiger partial charge in [-0.05, 0) is 29.7 Å². The van der Waals surface area contributed by atoms with Gasteiger partial charge in [-0.25, -0.2) is 15.1 Å². The number of carbonyl (C=O) groups is 1. The number of amides is 1. The molecule has 0 fully saturated rings. The number of hydroxylamine groups is 1. The lowest BCUT2D eigenvalue weighted by atomic mass is 10.1. The zero-order chi connectivity index (χ0) is 24.4. The number of aryl methyl sites for hydroxylation is 1. The molecule has 2 aromatic carbocycles. The van der Waals surface area contributed by atoms with Crippen molar-refractivity contribution < 1.29 is 9.63 Å². The molecule has 34 heavy (non-hydrogen) atoms. The molecule has 1 amide bonds. The van der Waals surface area contributed by atoms with Crippen molar-refractivity contribution in [1.82, 2.24) is 25.2 Å². The van der Waals surface area contributed by atoms with Crippen molar-refractivity contribution in [3.63, 3.8) is 0 Å². The summed E-state index contributed by atoms with van der Waals surface area (Å²) in [7, 11) is 1.38. The summed E-state index contributed by atoms with van der Waals surface area (Å²) in [6.07, 6.45) is 1.07. The number of nitrogens with zero attached hydrogens (tertiary/aromatic N) is 3. The fraction of sp³-hybridized carbons (Fsp3) is 0.217. The highest BCUT2D eigenvalue weighted by Crippen LogP contribution is 2.35. The Morgan fingerprint density at radius 1 is 1.09 bits per heavy atom. The average molecular weight is 521 g/mol. The maximum absolute atomic E-state index is 12.9. The third-order valence-electron chi connectivity index (χ3n) is 5.19. The van der Waals surface area contributed by atoms with Crippen LogP contribution in [0.2, 0.25) is 15.1 Å². The van der Waals surface area contributed by atoms with E-state index in [9.17, 15) is 9.59 Å². The van der Waals surface area contributed by atoms with Crippen LogP contribution in [0.1, 0.15) is 29.6 Å². The van der Waals surface area contributed by atoms with Gasteiger partial charge in [-0.3, -0.25) is 19.5 Å². The molecule has 0 spiro atoms. The quantitative estimate of drug-likeness (QED) is 0.352. The number of fused-ring (bicyclic) bond motifs is 1. The van der Waals surface area contributed by atoms with Gasteiger partial charge >= 0.3 is 0 Å². The van der Waals surface area contributed by atoms with Gasteiger partial charge < -0.3 is 0 Å². The van der Waals surface area contributed by atoms with E-state index in [0.717, 1.165) is 11.1 Å². The van der Waals surface area contributed by atoms with Crippen molar-refractivity contribution in [1.29, 1.82) is 0 Å². The molecule has 8 nitrogen and oxygen atoms in total. The Hall–Kier alpha value is -2.91. The summed E-state index contributed by atoms with van der Waals surface area (Å²) in [6, 6.07) is 10.5. The molecule has 0 unspecified atom stereocenters. The van der Waals surface area contributed by atoms with Crippen molar-refractivity contribution in [3.05, 3.63) is 84.5 Å². The summed E-state index contributed by atoms with van der Waals surface area (Å²) in [5.74, 6) is 0.480. The molecule has 2 N–H and O–H groups in total. The van der Waals surface area contributed by atoms with Crippen LogP contribution in [-0.4, -0.2) is 32.8 Å². The van der Waals surface area contributed by atoms with E-state index in [2.05, 4.69) is 25.4 Å². The van der Waals surface area contributed by atoms with Gasteiger partial charge in [-0.1, -0.05) is 66.0 Å². The molecule has 176 valence electrons. The maximum atomic E-state index is 12.9. The number of aromatic amines is 1. The first-order chi connectivity index (χ1) is 16.3. The molecule has 2 heterocycles. The van der Waals surface area contributed by atoms with E-state index in [0.29, 0.717) is 56.5 Å². The number of hydrogen-bond acceptors (Lipinski definition) is 5. The molecule has 0 saturated heterocycles. The molecule has 2 aliphatic heterocycles. The van der Waals surface area contributed by atoms with E-state index >= 15 is 0 Å². The zero-order valence-corrected chi connectivity index (χ0v) is 20.6. The van der Waals surface area contributed by atoms with Gasteiger partial charge in [-0.2, -0.15) is 4.98 Å². The number of aromatic nitrogens is 4. The number of hydrogen-bond donors (Lipinski definition) is 2. The molecule has 0 aromatic heterocycles. The van der Waals surface area contributed by atoms with Gasteiger partial charge in [0.1, 0.15) is 17.1 Å². The minimum Gasteiger partial charge on any atom is -0.295 e. The van der Waals surface area contributed by atoms with Crippen LogP contribution in [0.5, 0.6) is 0 Å². The summed E-state index contributed by atoms with van der Waals surface area (Å²) >= 11 is 18.9. The molecular formula is C23H20Cl3N5O3. The third kappa shape index (κ3) is 4.95. The molecular weight excluding hydrogens is 501 g/mol. The molecule has 0 aliphatic carbocycles. The Bertz CT molecular complexity index is 1360. The van der Waals surface area contributed by atoms with Crippen molar-refractivity contribution in [2.24, 2.45) is 0 Å². The average Bonchev–Trinajstić information content (AvgIpc) is 3.13. The first-order valence-electron chi connectivity index (χ1n) is 10.4. The molecule has 11 heteroatoms. The summed E-state index contributed by atoms with van der Waals surface area (Å²) in [6.45, 7) is 1.92. The van der Waals surface area contributed by atoms with E-state index in [-0.39, 0.29) is 17.9 Å². The maximum Gasteiger partial charge on any atom is 0.284 e. The first-order valence-corrected chi connectivity index (χ1v) is 11.5. The van der Waals surface area contributed by atoms with E-state index in [1.165, 1.54) is 7.11 Å². The van der Waals surface area contributed by atoms with E-state index in [1.807, 2.05) is 31.2 Å². The molecule has 0 bridgehead atoms. The van der Waals surface area contributed by atoms with Gasteiger partial charge in [0.25, 0.3) is 5.56 Å². The number of benzene rings is 2. The minimum atomic E-state index is -0.388. The summed E-state index contributed by atoms with van der Waals surface area (Å²) in [5.41, 5.74) is 5.10. The van der Waals surface area contributed by atoms with Crippen LogP contribution in [0, 0.1) is 0 Å². The smallest absolute Gasteiger partial charge is 0.284 e. The van der Waals surface area contributed by atoms with Gasteiger partial charge in [0.2, 0.25) is 5.91 Å². The van der Waals surface area contributed by atoms with E-state index in [1.54, 1.807) is 16.8 Å². The van der Waals surface area contributed by atoms with Gasteiger partial charge in [0.05, 0.1) is 23.6 Å². The van der Waals surface area contributed by atoms with Crippen LogP contribution < -0.4 is 11.0 Å². The van der Waals surface area contributed by atoms with Crippen LogP contribution in [0.15, 0.2) is 41.2 Å². The topological polar surface area (TPSA) is 102 Å². The molecule has 4 rings (SSSR count). The van der Waals surface area contributed by atoms with Gasteiger partial charge in [-0.15, -0.1) is 0 Å². The Balaban J connectivity index is 1.72. The van der Waals surface area contributed by atoms with Crippen LogP contribution >= 0.6 is 34.8 Å². The number of rotatable bonds is 7. The first kappa shape index (κ1) is 24.2. The molecule has 0 saturated carbocycles. The van der Waals surface area contributed by atoms with Crippen molar-refractivity contribution in [2.75, 3.05) is 7.11 Å². The van der Waals surface area contributed by atoms with Crippen LogP contribution in [0.3, 0.4) is 0 Å². The number of nitrogens with one attached hydrogen (secondary N) is 2. The van der Waals surface area contributed by atoms with Crippen LogP contribution in [0.25, 0.3) is 17.1 Å². The third-order valence-corrected chi connectivity index (χ3v) is 5.98. The predicted octanol–water partition coefficient (Wildman–Crippen LogP) is 4.39. The van der Waals surface area contributed by atoms with E-state index in [4.69, 9.17) is 34.8 Å². The standard InChI is InChI=1S/C23H20Cl3N5O3/c1-3-17-20-22(31(29-17)21-15(25)10-14(24)11-16(21)26)27-18(28-23(20)33)8-12-4-6-13(7-5-12)9-19(32)30-34-2/h4-7,10-11,29H,3,8-9H2,1-2H3,(H,30,32). The fourth-order valence-corrected chi connectivity index (χ4v) is 4.67. The Morgan fingerprint density at radius 2 is 1.74 bits per heavy atom. The molecule has 0 radical (unpaired) electrons. The summed E-state index contributed by atoms with van der Waals surface area (Å²) in [5, 5.41) is 4.20. The Labute approximate surface area is 210 Å². The highest BCUT2D eigenvalue weighted by molar-refractivity contribution is 6.40. The van der Waals surface area contributed by atoms with Crippen molar-refractivity contribution in [2.45, 2.75) is 26.2 Å². The second-order valence-electron chi connectivity index (χ2n) is 7.54. The highest BCUT2D eigenvalue weighted by Gasteiger charge is 2.25. The predicted molar refractivity (Wildman–Crippen MR) is 131 cm³/mol. The van der Waals surface area contributed by atoms with E-state index < -0.39 is 0 Å². The lowest BCUT2D eigenvalue weighted by molar-refractivity contribution is -0.130. The monoisotopic (exact) mass is 519 g/mol. The SMILES string of the molecule is CCc1[nH]n(-c2c(Cl)cc(Cl)cc2Cl)c2nc(Cc3ccc(CC(=O)NOC)cc3)nc(=O)c1-2. The lowest BCUT2D eigenvalue weighted by Crippen LogP contribution is -2.23. The van der Waals surface area contributed by atoms with Gasteiger partial charge in [0.15, 0.2) is 5.82 Å². The van der Waals surface area contributed by atoms with Crippen LogP contribution in [-0.2, 0) is 28.9 Å². The number of carbonyl (C=O) groups excluding carboxylic acids is 1.